The molecule has 1 atom stereocenters. The van der Waals surface area contributed by atoms with Gasteiger partial charge in [-0.1, -0.05) is 41.9 Å². The third-order valence-corrected chi connectivity index (χ3v) is 6.55. The van der Waals surface area contributed by atoms with Crippen molar-refractivity contribution in [3.63, 3.8) is 0 Å². The van der Waals surface area contributed by atoms with E-state index in [1.54, 1.807) is 24.3 Å². The monoisotopic (exact) mass is 537 g/mol. The Morgan fingerprint density at radius 3 is 2.42 bits per heavy atom. The molecule has 0 radical (unpaired) electrons. The van der Waals surface area contributed by atoms with Crippen molar-refractivity contribution in [2.24, 2.45) is 0 Å². The van der Waals surface area contributed by atoms with Crippen LogP contribution in [0, 0.1) is 0 Å². The van der Waals surface area contributed by atoms with Crippen LogP contribution in [0.15, 0.2) is 60.9 Å². The molecule has 3 amide bonds. The molecule has 0 bridgehead atoms. The zero-order valence-corrected chi connectivity index (χ0v) is 21.2. The van der Waals surface area contributed by atoms with Crippen LogP contribution in [0.1, 0.15) is 36.8 Å². The fourth-order valence-corrected chi connectivity index (χ4v) is 4.62. The first-order valence-electron chi connectivity index (χ1n) is 12.2. The summed E-state index contributed by atoms with van der Waals surface area (Å²) in [5.41, 5.74) is 2.16. The van der Waals surface area contributed by atoms with Gasteiger partial charge in [-0.3, -0.25) is 9.59 Å². The average molecular weight is 538 g/mol. The van der Waals surface area contributed by atoms with Crippen molar-refractivity contribution in [3.8, 4) is 5.69 Å². The van der Waals surface area contributed by atoms with Crippen molar-refractivity contribution in [2.45, 2.75) is 50.2 Å². The van der Waals surface area contributed by atoms with Crippen LogP contribution in [0.3, 0.4) is 0 Å². The number of carboxylic acid groups (broad SMARTS) is 1. The Morgan fingerprint density at radius 2 is 1.76 bits per heavy atom. The predicted octanol–water partition coefficient (Wildman–Crippen LogP) is 2.75. The third kappa shape index (κ3) is 7.62. The van der Waals surface area contributed by atoms with Gasteiger partial charge in [-0.05, 0) is 65.9 Å². The maximum Gasteiger partial charge on any atom is 0.404 e. The minimum Gasteiger partial charge on any atom is -0.465 e. The third-order valence-electron chi connectivity index (χ3n) is 6.32. The van der Waals surface area contributed by atoms with Gasteiger partial charge in [0, 0.05) is 35.2 Å². The van der Waals surface area contributed by atoms with Crippen LogP contribution in [0.4, 0.5) is 4.79 Å². The smallest absolute Gasteiger partial charge is 0.404 e. The summed E-state index contributed by atoms with van der Waals surface area (Å²) in [6.45, 7) is 0. The molecule has 198 valence electrons. The highest BCUT2D eigenvalue weighted by atomic mass is 35.5. The fraction of sp³-hybridized carbons (Fsp3) is 0.308. The molecule has 12 heteroatoms. The van der Waals surface area contributed by atoms with Crippen LogP contribution < -0.4 is 16.0 Å². The van der Waals surface area contributed by atoms with Crippen molar-refractivity contribution in [1.82, 2.24) is 36.2 Å². The number of hydrogen-bond acceptors (Lipinski definition) is 6. The maximum atomic E-state index is 13.2. The van der Waals surface area contributed by atoms with E-state index in [-0.39, 0.29) is 18.0 Å². The molecule has 1 saturated carbocycles. The van der Waals surface area contributed by atoms with Gasteiger partial charge in [-0.2, -0.15) is 4.68 Å². The number of benzene rings is 2. The Kier molecular flexibility index (Phi) is 9.04. The van der Waals surface area contributed by atoms with E-state index >= 15 is 0 Å². The van der Waals surface area contributed by atoms with Gasteiger partial charge in [-0.25, -0.2) is 4.79 Å². The molecular weight excluding hydrogens is 510 g/mol. The highest BCUT2D eigenvalue weighted by Crippen LogP contribution is 2.21. The summed E-state index contributed by atoms with van der Waals surface area (Å²) in [5.74, 6) is -0.736. The van der Waals surface area contributed by atoms with Gasteiger partial charge in [0.2, 0.25) is 11.8 Å². The van der Waals surface area contributed by atoms with Gasteiger partial charge >= 0.3 is 6.09 Å². The van der Waals surface area contributed by atoms with E-state index in [1.807, 2.05) is 30.3 Å². The second-order valence-corrected chi connectivity index (χ2v) is 9.48. The highest BCUT2D eigenvalue weighted by Gasteiger charge is 2.27. The molecule has 1 aromatic heterocycles. The summed E-state index contributed by atoms with van der Waals surface area (Å²) in [7, 11) is 0. The van der Waals surface area contributed by atoms with E-state index < -0.39 is 18.0 Å². The van der Waals surface area contributed by atoms with E-state index in [0.29, 0.717) is 48.4 Å². The highest BCUT2D eigenvalue weighted by molar-refractivity contribution is 6.30. The summed E-state index contributed by atoms with van der Waals surface area (Å²) in [6, 6.07) is 13.5. The Morgan fingerprint density at radius 1 is 1.05 bits per heavy atom. The number of hydrogen-bond donors (Lipinski definition) is 4. The van der Waals surface area contributed by atoms with E-state index in [2.05, 4.69) is 31.5 Å². The Bertz CT molecular complexity index is 1280. The van der Waals surface area contributed by atoms with Gasteiger partial charge in [0.25, 0.3) is 0 Å². The molecule has 4 N–H and O–H groups in total. The minimum absolute atomic E-state index is 0.0922. The number of nitrogens with zero attached hydrogens (tertiary/aromatic N) is 4. The second-order valence-electron chi connectivity index (χ2n) is 9.05. The molecule has 0 saturated heterocycles. The van der Waals surface area contributed by atoms with Crippen molar-refractivity contribution in [3.05, 3.63) is 77.1 Å². The van der Waals surface area contributed by atoms with Crippen LogP contribution in [-0.4, -0.2) is 61.3 Å². The molecule has 1 aliphatic rings. The van der Waals surface area contributed by atoms with Crippen LogP contribution in [-0.2, 0) is 16.0 Å². The molecule has 1 fully saturated rings. The maximum absolute atomic E-state index is 13.2. The van der Waals surface area contributed by atoms with Crippen LogP contribution in [0.25, 0.3) is 11.8 Å². The number of carbonyl (C=O) groups is 3. The average Bonchev–Trinajstić information content (AvgIpc) is 3.43. The number of halogens is 1. The van der Waals surface area contributed by atoms with Gasteiger partial charge < -0.3 is 21.1 Å². The lowest BCUT2D eigenvalue weighted by atomic mass is 9.91. The summed E-state index contributed by atoms with van der Waals surface area (Å²) >= 11 is 6.15. The Labute approximate surface area is 224 Å². The predicted molar refractivity (Wildman–Crippen MR) is 141 cm³/mol. The van der Waals surface area contributed by atoms with Crippen molar-refractivity contribution >= 4 is 35.6 Å². The van der Waals surface area contributed by atoms with Gasteiger partial charge in [0.15, 0.2) is 0 Å². The fourth-order valence-electron chi connectivity index (χ4n) is 4.44. The Hall–Kier alpha value is -4.25. The number of nitrogens with one attached hydrogen (secondary N) is 3. The summed E-state index contributed by atoms with van der Waals surface area (Å²) in [6.07, 6.45) is 6.22. The molecule has 2 aromatic carbocycles. The topological polar surface area (TPSA) is 151 Å². The number of carbonyl (C=O) groups excluding carboxylic acids is 2. The first kappa shape index (κ1) is 26.8. The molecule has 0 aliphatic heterocycles. The zero-order valence-electron chi connectivity index (χ0n) is 20.5. The van der Waals surface area contributed by atoms with Crippen molar-refractivity contribution in [1.29, 1.82) is 0 Å². The lowest BCUT2D eigenvalue weighted by Crippen LogP contribution is -2.51. The van der Waals surface area contributed by atoms with Crippen LogP contribution >= 0.6 is 11.6 Å². The van der Waals surface area contributed by atoms with E-state index in [9.17, 15) is 14.4 Å². The normalized spacial score (nSPS) is 18.0. The lowest BCUT2D eigenvalue weighted by molar-refractivity contribution is -0.127. The Balaban J connectivity index is 1.43. The minimum atomic E-state index is -1.04. The molecule has 3 aromatic rings. The van der Waals surface area contributed by atoms with E-state index in [4.69, 9.17) is 16.7 Å². The zero-order chi connectivity index (χ0) is 26.9. The number of tetrazole rings is 1. The number of amides is 3. The quantitative estimate of drug-likeness (QED) is 0.306. The molecular formula is C26H28ClN7O4. The second kappa shape index (κ2) is 12.8. The number of aromatic nitrogens is 4. The summed E-state index contributed by atoms with van der Waals surface area (Å²) in [5, 5.41) is 28.9. The van der Waals surface area contributed by atoms with Crippen molar-refractivity contribution in [2.75, 3.05) is 0 Å². The number of rotatable bonds is 9. The molecule has 11 nitrogen and oxygen atoms in total. The molecule has 0 spiro atoms. The van der Waals surface area contributed by atoms with E-state index in [1.165, 1.54) is 17.1 Å². The molecule has 1 aliphatic carbocycles. The van der Waals surface area contributed by atoms with Gasteiger partial charge in [0.1, 0.15) is 12.4 Å². The van der Waals surface area contributed by atoms with Gasteiger partial charge in [0.05, 0.1) is 5.69 Å². The summed E-state index contributed by atoms with van der Waals surface area (Å²) < 4.78 is 1.46. The first-order chi connectivity index (χ1) is 18.4. The largest absolute Gasteiger partial charge is 0.465 e. The van der Waals surface area contributed by atoms with E-state index in [0.717, 1.165) is 5.56 Å². The van der Waals surface area contributed by atoms with Crippen LogP contribution in [0.2, 0.25) is 5.02 Å². The van der Waals surface area contributed by atoms with Crippen LogP contribution in [0.5, 0.6) is 0 Å². The standard InChI is InChI=1S/C26H28ClN7O4/c27-19-7-12-23(34-16-28-32-33-34)18(15-19)6-13-24(35)31-22(14-17-4-2-1-3-5-17)25(36)29-20-8-10-21(11-9-20)30-26(37)38/h1-7,12-13,15-16,20-22,30H,8-11,14H2,(H,29,36)(H,31,35)(H,37,38)/b13-6+/t20-,21+,22-/m0/s1. The van der Waals surface area contributed by atoms with Gasteiger partial charge in [-0.15, -0.1) is 5.10 Å². The molecule has 1 heterocycles. The van der Waals surface area contributed by atoms with Crippen molar-refractivity contribution < 1.29 is 19.5 Å². The first-order valence-corrected chi connectivity index (χ1v) is 12.6. The lowest BCUT2D eigenvalue weighted by Gasteiger charge is -2.30. The molecule has 4 rings (SSSR count). The molecule has 0 unspecified atom stereocenters. The SMILES string of the molecule is O=C(/C=C/c1cc(Cl)ccc1-n1cnnn1)N[C@@H](Cc1ccccc1)C(=O)N[C@H]1CC[C@@H](NC(=O)O)CC1. The molecule has 38 heavy (non-hydrogen) atoms. The summed E-state index contributed by atoms with van der Waals surface area (Å²) in [4.78, 5) is 37.0.